The van der Waals surface area contributed by atoms with Crippen LogP contribution in [0.25, 0.3) is 0 Å². The minimum absolute atomic E-state index is 0.0717. The Bertz CT molecular complexity index is 564. The summed E-state index contributed by atoms with van der Waals surface area (Å²) >= 11 is 5.72. The Morgan fingerprint density at radius 1 is 1.43 bits per heavy atom. The second-order valence-electron chi connectivity index (χ2n) is 5.08. The molecule has 0 saturated carbocycles. The summed E-state index contributed by atoms with van der Waals surface area (Å²) in [5.41, 5.74) is -2.65. The zero-order valence-electron chi connectivity index (χ0n) is 10.8. The summed E-state index contributed by atoms with van der Waals surface area (Å²) in [5, 5.41) is 9.21. The molecule has 0 radical (unpaired) electrons. The zero-order chi connectivity index (χ0) is 15.8. The molecule has 21 heavy (non-hydrogen) atoms. The van der Waals surface area contributed by atoms with E-state index in [9.17, 15) is 22.4 Å². The van der Waals surface area contributed by atoms with Gasteiger partial charge in [0, 0.05) is 30.2 Å². The van der Waals surface area contributed by atoms with Crippen molar-refractivity contribution in [2.45, 2.75) is 19.1 Å². The van der Waals surface area contributed by atoms with Gasteiger partial charge in [-0.25, -0.2) is 4.39 Å². The molecule has 116 valence electrons. The standard InChI is InChI=1S/C13H12ClF4NO2/c14-9-1-2-10(15)8(5-9)6-19-4-3-12(7-19,11(20)21)13(16,17)18/h1-2,5H,3-4,6-7H2,(H,20,21). The molecule has 1 saturated heterocycles. The van der Waals surface area contributed by atoms with E-state index in [0.717, 1.165) is 6.07 Å². The summed E-state index contributed by atoms with van der Waals surface area (Å²) in [6.45, 7) is -0.882. The number of nitrogens with zero attached hydrogens (tertiary/aromatic N) is 1. The SMILES string of the molecule is O=C(O)C1(C(F)(F)F)CCN(Cc2cc(Cl)ccc2F)C1. The predicted molar refractivity (Wildman–Crippen MR) is 67.4 cm³/mol. The highest BCUT2D eigenvalue weighted by Gasteiger charge is 2.63. The molecule has 1 N–H and O–H groups in total. The lowest BCUT2D eigenvalue weighted by Gasteiger charge is -2.27. The van der Waals surface area contributed by atoms with Crippen LogP contribution in [0.5, 0.6) is 0 Å². The largest absolute Gasteiger partial charge is 0.481 e. The second-order valence-corrected chi connectivity index (χ2v) is 5.52. The van der Waals surface area contributed by atoms with Gasteiger partial charge >= 0.3 is 12.1 Å². The van der Waals surface area contributed by atoms with Gasteiger partial charge in [-0.1, -0.05) is 11.6 Å². The summed E-state index contributed by atoms with van der Waals surface area (Å²) in [5.74, 6) is -2.48. The molecule has 1 aromatic carbocycles. The molecule has 1 atom stereocenters. The van der Waals surface area contributed by atoms with Crippen LogP contribution in [-0.4, -0.2) is 35.2 Å². The zero-order valence-corrected chi connectivity index (χ0v) is 11.5. The molecule has 1 aliphatic rings. The molecule has 0 spiro atoms. The van der Waals surface area contributed by atoms with E-state index in [4.69, 9.17) is 16.7 Å². The first-order valence-corrected chi connectivity index (χ1v) is 6.50. The number of carboxylic acids is 1. The van der Waals surface area contributed by atoms with Crippen molar-refractivity contribution in [3.05, 3.63) is 34.6 Å². The predicted octanol–water partition coefficient (Wildman–Crippen LogP) is 3.32. The van der Waals surface area contributed by atoms with E-state index in [1.165, 1.54) is 17.0 Å². The Labute approximate surface area is 123 Å². The number of likely N-dealkylation sites (tertiary alicyclic amines) is 1. The van der Waals surface area contributed by atoms with E-state index < -0.39 is 36.3 Å². The van der Waals surface area contributed by atoms with Crippen LogP contribution in [0.1, 0.15) is 12.0 Å². The van der Waals surface area contributed by atoms with Crippen LogP contribution >= 0.6 is 11.6 Å². The van der Waals surface area contributed by atoms with Crippen LogP contribution in [0, 0.1) is 11.2 Å². The van der Waals surface area contributed by atoms with Gasteiger partial charge in [0.15, 0.2) is 5.41 Å². The van der Waals surface area contributed by atoms with Crippen LogP contribution in [0.4, 0.5) is 17.6 Å². The Morgan fingerprint density at radius 3 is 2.62 bits per heavy atom. The maximum absolute atomic E-state index is 13.6. The second kappa shape index (κ2) is 5.46. The monoisotopic (exact) mass is 325 g/mol. The summed E-state index contributed by atoms with van der Waals surface area (Å²) < 4.78 is 52.6. The van der Waals surface area contributed by atoms with Gasteiger partial charge in [0.2, 0.25) is 0 Å². The smallest absolute Gasteiger partial charge is 0.406 e. The normalized spacial score (nSPS) is 23.5. The molecule has 0 aliphatic carbocycles. The average Bonchev–Trinajstić information content (AvgIpc) is 2.79. The summed E-state index contributed by atoms with van der Waals surface area (Å²) in [6, 6.07) is 3.79. The molecule has 1 fully saturated rings. The number of halogens is 5. The fourth-order valence-corrected chi connectivity index (χ4v) is 2.65. The maximum Gasteiger partial charge on any atom is 0.406 e. The molecular formula is C13H12ClF4NO2. The number of carbonyl (C=O) groups is 1. The molecule has 8 heteroatoms. The van der Waals surface area contributed by atoms with E-state index >= 15 is 0 Å². The third-order valence-corrected chi connectivity index (χ3v) is 3.94. The lowest BCUT2D eigenvalue weighted by atomic mass is 9.86. The number of carboxylic acid groups (broad SMARTS) is 1. The molecule has 0 amide bonds. The number of alkyl halides is 3. The summed E-state index contributed by atoms with van der Waals surface area (Å²) in [7, 11) is 0. The third-order valence-electron chi connectivity index (χ3n) is 3.70. The molecule has 1 unspecified atom stereocenters. The van der Waals surface area contributed by atoms with Crippen molar-refractivity contribution in [1.29, 1.82) is 0 Å². The van der Waals surface area contributed by atoms with E-state index in [1.807, 2.05) is 0 Å². The van der Waals surface area contributed by atoms with Crippen LogP contribution in [0.3, 0.4) is 0 Å². The van der Waals surface area contributed by atoms with Gasteiger partial charge in [-0.15, -0.1) is 0 Å². The fraction of sp³-hybridized carbons (Fsp3) is 0.462. The molecular weight excluding hydrogens is 314 g/mol. The lowest BCUT2D eigenvalue weighted by molar-refractivity contribution is -0.227. The number of hydrogen-bond donors (Lipinski definition) is 1. The number of benzene rings is 1. The van der Waals surface area contributed by atoms with Crippen molar-refractivity contribution in [3.8, 4) is 0 Å². The van der Waals surface area contributed by atoms with Gasteiger partial charge in [-0.05, 0) is 24.6 Å². The first kappa shape index (κ1) is 16.0. The number of aliphatic carboxylic acids is 1. The first-order valence-electron chi connectivity index (χ1n) is 6.12. The van der Waals surface area contributed by atoms with Crippen LogP contribution in [0.2, 0.25) is 5.02 Å². The third kappa shape index (κ3) is 2.98. The van der Waals surface area contributed by atoms with Crippen molar-refractivity contribution in [2.24, 2.45) is 5.41 Å². The van der Waals surface area contributed by atoms with Gasteiger partial charge in [-0.2, -0.15) is 13.2 Å². The van der Waals surface area contributed by atoms with Gasteiger partial charge in [0.05, 0.1) is 0 Å². The average molecular weight is 326 g/mol. The molecule has 0 bridgehead atoms. The molecule has 1 aliphatic heterocycles. The number of hydrogen-bond acceptors (Lipinski definition) is 2. The quantitative estimate of drug-likeness (QED) is 0.867. The molecule has 3 nitrogen and oxygen atoms in total. The molecule has 0 aromatic heterocycles. The minimum atomic E-state index is -4.85. The van der Waals surface area contributed by atoms with Gasteiger partial charge in [0.1, 0.15) is 5.82 Å². The van der Waals surface area contributed by atoms with Gasteiger partial charge in [0.25, 0.3) is 0 Å². The van der Waals surface area contributed by atoms with Crippen molar-refractivity contribution in [2.75, 3.05) is 13.1 Å². The maximum atomic E-state index is 13.6. The molecule has 1 aromatic rings. The van der Waals surface area contributed by atoms with Crippen molar-refractivity contribution in [1.82, 2.24) is 4.90 Å². The Kier molecular flexibility index (Phi) is 4.17. The van der Waals surface area contributed by atoms with E-state index in [1.54, 1.807) is 0 Å². The summed E-state index contributed by atoms with van der Waals surface area (Å²) in [6.07, 6.45) is -5.39. The minimum Gasteiger partial charge on any atom is -0.481 e. The van der Waals surface area contributed by atoms with Crippen LogP contribution in [0.15, 0.2) is 18.2 Å². The van der Waals surface area contributed by atoms with E-state index in [2.05, 4.69) is 0 Å². The van der Waals surface area contributed by atoms with Crippen molar-refractivity contribution in [3.63, 3.8) is 0 Å². The van der Waals surface area contributed by atoms with Crippen molar-refractivity contribution < 1.29 is 27.5 Å². The molecule has 2 rings (SSSR count). The Hall–Kier alpha value is -1.34. The highest BCUT2D eigenvalue weighted by molar-refractivity contribution is 6.30. The Morgan fingerprint density at radius 2 is 2.10 bits per heavy atom. The lowest BCUT2D eigenvalue weighted by Crippen LogP contribution is -2.47. The highest BCUT2D eigenvalue weighted by atomic mass is 35.5. The molecule has 1 heterocycles. The highest BCUT2D eigenvalue weighted by Crippen LogP contribution is 2.46. The Balaban J connectivity index is 2.19. The first-order chi connectivity index (χ1) is 9.65. The van der Waals surface area contributed by atoms with Crippen molar-refractivity contribution >= 4 is 17.6 Å². The fourth-order valence-electron chi connectivity index (χ4n) is 2.46. The summed E-state index contributed by atoms with van der Waals surface area (Å²) in [4.78, 5) is 12.3. The van der Waals surface area contributed by atoms with Gasteiger partial charge < -0.3 is 5.11 Å². The van der Waals surface area contributed by atoms with Crippen LogP contribution in [-0.2, 0) is 11.3 Å². The van der Waals surface area contributed by atoms with E-state index in [0.29, 0.717) is 0 Å². The van der Waals surface area contributed by atoms with E-state index in [-0.39, 0.29) is 23.7 Å². The number of rotatable bonds is 3. The van der Waals surface area contributed by atoms with Gasteiger partial charge in [-0.3, -0.25) is 9.69 Å². The van der Waals surface area contributed by atoms with Crippen LogP contribution < -0.4 is 0 Å². The topological polar surface area (TPSA) is 40.5 Å².